The lowest BCUT2D eigenvalue weighted by atomic mass is 9.98. The van der Waals surface area contributed by atoms with Gasteiger partial charge in [-0.3, -0.25) is 19.7 Å². The maximum absolute atomic E-state index is 12.5. The Labute approximate surface area is 162 Å². The third kappa shape index (κ3) is 5.06. The van der Waals surface area contributed by atoms with Gasteiger partial charge in [-0.05, 0) is 31.9 Å². The number of benzene rings is 2. The Morgan fingerprint density at radius 3 is 2.54 bits per heavy atom. The van der Waals surface area contributed by atoms with Crippen LogP contribution in [0.1, 0.15) is 27.0 Å². The maximum atomic E-state index is 12.5. The molecule has 0 saturated carbocycles. The summed E-state index contributed by atoms with van der Waals surface area (Å²) in [7, 11) is 1.36. The van der Waals surface area contributed by atoms with Crippen molar-refractivity contribution >= 4 is 17.6 Å². The van der Waals surface area contributed by atoms with Crippen LogP contribution >= 0.6 is 0 Å². The van der Waals surface area contributed by atoms with Crippen LogP contribution in [0.3, 0.4) is 0 Å². The zero-order valence-electron chi connectivity index (χ0n) is 15.9. The van der Waals surface area contributed by atoms with Crippen molar-refractivity contribution in [1.29, 1.82) is 0 Å². The Morgan fingerprint density at radius 2 is 1.96 bits per heavy atom. The fourth-order valence-corrected chi connectivity index (χ4v) is 2.89. The summed E-state index contributed by atoms with van der Waals surface area (Å²) in [4.78, 5) is 34.6. The molecule has 0 radical (unpaired) electrons. The van der Waals surface area contributed by atoms with Gasteiger partial charge in [-0.15, -0.1) is 0 Å². The van der Waals surface area contributed by atoms with Gasteiger partial charge in [0.15, 0.2) is 0 Å². The molecule has 0 bridgehead atoms. The number of methoxy groups -OCH3 is 1. The van der Waals surface area contributed by atoms with E-state index >= 15 is 0 Å². The molecule has 0 aliphatic heterocycles. The molecule has 2 N–H and O–H groups in total. The monoisotopic (exact) mass is 386 g/mol. The number of ether oxygens (including phenoxy) is 1. The van der Waals surface area contributed by atoms with Crippen molar-refractivity contribution in [1.82, 2.24) is 5.32 Å². The van der Waals surface area contributed by atoms with E-state index in [1.165, 1.54) is 20.1 Å². The molecule has 0 fully saturated rings. The molecule has 2 aromatic carbocycles. The Morgan fingerprint density at radius 1 is 1.25 bits per heavy atom. The molecule has 8 heteroatoms. The molecule has 0 aliphatic rings. The minimum absolute atomic E-state index is 0.0360. The number of carboxylic acid groups (broad SMARTS) is 1. The van der Waals surface area contributed by atoms with Crippen molar-refractivity contribution in [3.05, 3.63) is 68.8 Å². The Kier molecular flexibility index (Phi) is 6.70. The zero-order valence-corrected chi connectivity index (χ0v) is 15.9. The molecule has 1 atom stereocenters. The highest BCUT2D eigenvalue weighted by Crippen LogP contribution is 2.29. The molecule has 2 rings (SSSR count). The van der Waals surface area contributed by atoms with Gasteiger partial charge in [0.05, 0.1) is 23.5 Å². The minimum Gasteiger partial charge on any atom is -0.496 e. The average molecular weight is 386 g/mol. The van der Waals surface area contributed by atoms with E-state index in [-0.39, 0.29) is 30.0 Å². The van der Waals surface area contributed by atoms with E-state index in [1.54, 1.807) is 0 Å². The number of amides is 1. The second-order valence-electron chi connectivity index (χ2n) is 6.52. The van der Waals surface area contributed by atoms with Gasteiger partial charge in [-0.25, -0.2) is 0 Å². The van der Waals surface area contributed by atoms with Crippen molar-refractivity contribution in [3.8, 4) is 5.75 Å². The molecule has 0 saturated heterocycles. The summed E-state index contributed by atoms with van der Waals surface area (Å²) in [6.45, 7) is 3.34. The number of nitro benzene ring substituents is 1. The van der Waals surface area contributed by atoms with E-state index in [2.05, 4.69) is 5.32 Å². The molecule has 2 aromatic rings. The second kappa shape index (κ2) is 8.98. The molecule has 148 valence electrons. The fraction of sp³-hybridized carbons (Fsp3) is 0.300. The van der Waals surface area contributed by atoms with Gasteiger partial charge in [0, 0.05) is 18.2 Å². The summed E-state index contributed by atoms with van der Waals surface area (Å²) < 4.78 is 5.10. The van der Waals surface area contributed by atoms with Crippen LogP contribution in [0.5, 0.6) is 5.75 Å². The standard InChI is InChI=1S/C20H22N2O6/c1-12-5-4-6-14(7-12)8-16(20(24)25)11-21-19(23)15-9-17(22(26)27)13(2)18(10-15)28-3/h4-7,9-10,16H,8,11H2,1-3H3,(H,21,23)(H,24,25). The number of carboxylic acids is 1. The first-order chi connectivity index (χ1) is 13.2. The number of aliphatic carboxylic acids is 1. The van der Waals surface area contributed by atoms with Gasteiger partial charge in [-0.2, -0.15) is 0 Å². The number of carbonyl (C=O) groups excluding carboxylic acids is 1. The summed E-state index contributed by atoms with van der Waals surface area (Å²) in [5, 5.41) is 23.2. The number of rotatable bonds is 8. The highest BCUT2D eigenvalue weighted by atomic mass is 16.6. The molecule has 1 unspecified atom stereocenters. The van der Waals surface area contributed by atoms with E-state index < -0.39 is 22.7 Å². The van der Waals surface area contributed by atoms with Crippen molar-refractivity contribution in [2.45, 2.75) is 20.3 Å². The highest BCUT2D eigenvalue weighted by molar-refractivity contribution is 5.95. The Balaban J connectivity index is 2.15. The van der Waals surface area contributed by atoms with Crippen LogP contribution in [0.15, 0.2) is 36.4 Å². The van der Waals surface area contributed by atoms with Gasteiger partial charge in [-0.1, -0.05) is 29.8 Å². The SMILES string of the molecule is COc1cc(C(=O)NCC(Cc2cccc(C)c2)C(=O)O)cc([N+](=O)[O-])c1C. The average Bonchev–Trinajstić information content (AvgIpc) is 2.64. The second-order valence-corrected chi connectivity index (χ2v) is 6.52. The van der Waals surface area contributed by atoms with E-state index in [4.69, 9.17) is 4.74 Å². The minimum atomic E-state index is -1.03. The van der Waals surface area contributed by atoms with Crippen LogP contribution < -0.4 is 10.1 Å². The Bertz CT molecular complexity index is 910. The lowest BCUT2D eigenvalue weighted by Crippen LogP contribution is -2.34. The first-order valence-electron chi connectivity index (χ1n) is 8.62. The van der Waals surface area contributed by atoms with Crippen LogP contribution in [0, 0.1) is 29.9 Å². The molecule has 8 nitrogen and oxygen atoms in total. The summed E-state index contributed by atoms with van der Waals surface area (Å²) in [5.74, 6) is -2.24. The van der Waals surface area contributed by atoms with Crippen LogP contribution in [0.2, 0.25) is 0 Å². The van der Waals surface area contributed by atoms with Crippen molar-refractivity contribution in [2.75, 3.05) is 13.7 Å². The van der Waals surface area contributed by atoms with Gasteiger partial charge >= 0.3 is 5.97 Å². The van der Waals surface area contributed by atoms with E-state index in [0.717, 1.165) is 17.2 Å². The smallest absolute Gasteiger partial charge is 0.308 e. The number of nitrogens with one attached hydrogen (secondary N) is 1. The van der Waals surface area contributed by atoms with Crippen molar-refractivity contribution < 1.29 is 24.4 Å². The molecule has 0 spiro atoms. The van der Waals surface area contributed by atoms with Gasteiger partial charge in [0.2, 0.25) is 0 Å². The molecular formula is C20H22N2O6. The number of hydrogen-bond donors (Lipinski definition) is 2. The van der Waals surface area contributed by atoms with Gasteiger partial charge in [0.1, 0.15) is 5.75 Å². The Hall–Kier alpha value is -3.42. The zero-order chi connectivity index (χ0) is 20.8. The topological polar surface area (TPSA) is 119 Å². The number of hydrogen-bond acceptors (Lipinski definition) is 5. The third-order valence-electron chi connectivity index (χ3n) is 4.43. The summed E-state index contributed by atoms with van der Waals surface area (Å²) in [6, 6.07) is 10.0. The molecule has 0 aliphatic carbocycles. The van der Waals surface area contributed by atoms with E-state index in [1.807, 2.05) is 31.2 Å². The van der Waals surface area contributed by atoms with Crippen LogP contribution in [0.25, 0.3) is 0 Å². The van der Waals surface area contributed by atoms with Crippen LogP contribution in [-0.4, -0.2) is 35.6 Å². The molecular weight excluding hydrogens is 364 g/mol. The largest absolute Gasteiger partial charge is 0.496 e. The van der Waals surface area contributed by atoms with E-state index in [9.17, 15) is 24.8 Å². The molecule has 0 aromatic heterocycles. The number of nitrogens with zero attached hydrogens (tertiary/aromatic N) is 1. The predicted molar refractivity (Wildman–Crippen MR) is 103 cm³/mol. The van der Waals surface area contributed by atoms with Crippen molar-refractivity contribution in [3.63, 3.8) is 0 Å². The lowest BCUT2D eigenvalue weighted by Gasteiger charge is -2.15. The van der Waals surface area contributed by atoms with E-state index in [0.29, 0.717) is 5.56 Å². The fourth-order valence-electron chi connectivity index (χ4n) is 2.89. The first-order valence-corrected chi connectivity index (χ1v) is 8.62. The predicted octanol–water partition coefficient (Wildman–Crippen LogP) is 2.89. The number of nitro groups is 1. The summed E-state index contributed by atoms with van der Waals surface area (Å²) in [6.07, 6.45) is 0.259. The highest BCUT2D eigenvalue weighted by Gasteiger charge is 2.22. The number of carbonyl (C=O) groups is 2. The quantitative estimate of drug-likeness (QED) is 0.532. The summed E-state index contributed by atoms with van der Waals surface area (Å²) in [5.41, 5.74) is 1.99. The molecule has 28 heavy (non-hydrogen) atoms. The normalized spacial score (nSPS) is 11.5. The first kappa shape index (κ1) is 20.9. The summed E-state index contributed by atoms with van der Waals surface area (Å²) >= 11 is 0. The van der Waals surface area contributed by atoms with Crippen LogP contribution in [-0.2, 0) is 11.2 Å². The van der Waals surface area contributed by atoms with Crippen molar-refractivity contribution in [2.24, 2.45) is 5.92 Å². The molecule has 1 amide bonds. The maximum Gasteiger partial charge on any atom is 0.308 e. The van der Waals surface area contributed by atoms with Crippen LogP contribution in [0.4, 0.5) is 5.69 Å². The number of aryl methyl sites for hydroxylation is 1. The van der Waals surface area contributed by atoms with Gasteiger partial charge < -0.3 is 15.2 Å². The lowest BCUT2D eigenvalue weighted by molar-refractivity contribution is -0.385. The third-order valence-corrected chi connectivity index (χ3v) is 4.43. The molecule has 0 heterocycles. The van der Waals surface area contributed by atoms with Gasteiger partial charge in [0.25, 0.3) is 11.6 Å².